The second kappa shape index (κ2) is 6.35. The molecule has 0 aliphatic carbocycles. The van der Waals surface area contributed by atoms with Crippen LogP contribution in [0.2, 0.25) is 0 Å². The van der Waals surface area contributed by atoms with Crippen molar-refractivity contribution in [3.63, 3.8) is 0 Å². The van der Waals surface area contributed by atoms with Crippen LogP contribution in [0.15, 0.2) is 36.4 Å². The Bertz CT molecular complexity index is 775. The highest BCUT2D eigenvalue weighted by Crippen LogP contribution is 2.44. The smallest absolute Gasteiger partial charge is 0.127 e. The van der Waals surface area contributed by atoms with Crippen LogP contribution in [0.3, 0.4) is 0 Å². The third-order valence-corrected chi connectivity index (χ3v) is 5.25. The van der Waals surface area contributed by atoms with Gasteiger partial charge in [-0.3, -0.25) is 0 Å². The van der Waals surface area contributed by atoms with E-state index in [0.29, 0.717) is 5.75 Å². The summed E-state index contributed by atoms with van der Waals surface area (Å²) in [5.41, 5.74) is 5.14. The number of phenols is 1. The minimum absolute atomic E-state index is 0.196. The van der Waals surface area contributed by atoms with E-state index in [1.54, 1.807) is 0 Å². The number of benzene rings is 2. The van der Waals surface area contributed by atoms with Crippen LogP contribution >= 0.6 is 0 Å². The van der Waals surface area contributed by atoms with Crippen molar-refractivity contribution in [2.75, 3.05) is 0 Å². The number of rotatable bonds is 3. The third-order valence-electron chi connectivity index (χ3n) is 5.25. The van der Waals surface area contributed by atoms with Crippen molar-refractivity contribution in [1.82, 2.24) is 0 Å². The summed E-state index contributed by atoms with van der Waals surface area (Å²) in [6, 6.07) is 10.3. The Morgan fingerprint density at radius 3 is 2.50 bits per heavy atom. The van der Waals surface area contributed by atoms with Crippen LogP contribution in [-0.4, -0.2) is 10.7 Å². The summed E-state index contributed by atoms with van der Waals surface area (Å²) < 4.78 is 6.44. The first kappa shape index (κ1) is 16.6. The largest absolute Gasteiger partial charge is 0.507 e. The van der Waals surface area contributed by atoms with Gasteiger partial charge < -0.3 is 9.84 Å². The first-order chi connectivity index (χ1) is 11.4. The molecule has 1 heterocycles. The van der Waals surface area contributed by atoms with Crippen LogP contribution in [0, 0.1) is 20.8 Å². The van der Waals surface area contributed by atoms with E-state index in [1.165, 1.54) is 11.1 Å². The fourth-order valence-corrected chi connectivity index (χ4v) is 3.45. The van der Waals surface area contributed by atoms with Gasteiger partial charge in [-0.1, -0.05) is 42.5 Å². The molecule has 2 aromatic rings. The summed E-state index contributed by atoms with van der Waals surface area (Å²) in [4.78, 5) is 0. The lowest BCUT2D eigenvalue weighted by molar-refractivity contribution is 0.0669. The maximum atomic E-state index is 10.3. The molecule has 1 N–H and O–H groups in total. The summed E-state index contributed by atoms with van der Waals surface area (Å²) in [5, 5.41) is 10.3. The van der Waals surface area contributed by atoms with Crippen molar-refractivity contribution < 1.29 is 9.84 Å². The Hall–Kier alpha value is -2.22. The average Bonchev–Trinajstić information content (AvgIpc) is 2.59. The first-order valence-electron chi connectivity index (χ1n) is 8.63. The van der Waals surface area contributed by atoms with Crippen LogP contribution in [0.25, 0.3) is 6.08 Å². The highest BCUT2D eigenvalue weighted by atomic mass is 16.5. The lowest BCUT2D eigenvalue weighted by atomic mass is 9.85. The number of aromatic hydroxyl groups is 1. The van der Waals surface area contributed by atoms with E-state index in [2.05, 4.69) is 43.3 Å². The van der Waals surface area contributed by atoms with Gasteiger partial charge in [0.1, 0.15) is 17.1 Å². The van der Waals surface area contributed by atoms with Gasteiger partial charge in [0.05, 0.1) is 0 Å². The van der Waals surface area contributed by atoms with Gasteiger partial charge in [0.15, 0.2) is 0 Å². The number of hydrogen-bond acceptors (Lipinski definition) is 2. The minimum Gasteiger partial charge on any atom is -0.507 e. The maximum absolute atomic E-state index is 10.3. The van der Waals surface area contributed by atoms with Crippen molar-refractivity contribution in [3.8, 4) is 11.5 Å². The zero-order valence-corrected chi connectivity index (χ0v) is 15.0. The molecule has 24 heavy (non-hydrogen) atoms. The van der Waals surface area contributed by atoms with E-state index in [9.17, 15) is 5.11 Å². The van der Waals surface area contributed by atoms with Gasteiger partial charge in [0, 0.05) is 12.0 Å². The Labute approximate surface area is 144 Å². The molecule has 0 amide bonds. The first-order valence-corrected chi connectivity index (χ1v) is 8.63. The predicted molar refractivity (Wildman–Crippen MR) is 99.8 cm³/mol. The molecule has 0 saturated heterocycles. The van der Waals surface area contributed by atoms with E-state index in [-0.39, 0.29) is 5.60 Å². The molecule has 2 aromatic carbocycles. The quantitative estimate of drug-likeness (QED) is 0.808. The monoisotopic (exact) mass is 322 g/mol. The highest BCUT2D eigenvalue weighted by molar-refractivity contribution is 5.58. The van der Waals surface area contributed by atoms with Crippen molar-refractivity contribution in [2.24, 2.45) is 0 Å². The van der Waals surface area contributed by atoms with Crippen molar-refractivity contribution >= 4 is 6.08 Å². The molecule has 0 spiro atoms. The fourth-order valence-electron chi connectivity index (χ4n) is 3.45. The molecule has 2 nitrogen and oxygen atoms in total. The highest BCUT2D eigenvalue weighted by Gasteiger charge is 2.33. The standard InChI is InChI=1S/C22H26O2/c1-15-16(2)21-19(17(3)20(15)23)12-14-22(4,24-21)13-8-11-18-9-6-5-7-10-18/h5-11,23H,12-14H2,1-4H3/b11-8-. The molecule has 126 valence electrons. The molecule has 0 bridgehead atoms. The molecular formula is C22H26O2. The number of ether oxygens (including phenoxy) is 1. The second-order valence-corrected chi connectivity index (χ2v) is 7.10. The normalized spacial score (nSPS) is 20.0. The summed E-state index contributed by atoms with van der Waals surface area (Å²) in [6.07, 6.45) is 7.15. The van der Waals surface area contributed by atoms with Crippen LogP contribution < -0.4 is 4.74 Å². The van der Waals surface area contributed by atoms with Gasteiger partial charge in [0.2, 0.25) is 0 Å². The van der Waals surface area contributed by atoms with E-state index >= 15 is 0 Å². The Balaban J connectivity index is 1.82. The third kappa shape index (κ3) is 3.06. The summed E-state index contributed by atoms with van der Waals surface area (Å²) >= 11 is 0. The van der Waals surface area contributed by atoms with Crippen LogP contribution in [-0.2, 0) is 6.42 Å². The van der Waals surface area contributed by atoms with Gasteiger partial charge in [-0.2, -0.15) is 0 Å². The zero-order chi connectivity index (χ0) is 17.3. The second-order valence-electron chi connectivity index (χ2n) is 7.10. The summed E-state index contributed by atoms with van der Waals surface area (Å²) in [6.45, 7) is 8.17. The van der Waals surface area contributed by atoms with Gasteiger partial charge >= 0.3 is 0 Å². The van der Waals surface area contributed by atoms with Crippen LogP contribution in [0.1, 0.15) is 47.6 Å². The fraction of sp³-hybridized carbons (Fsp3) is 0.364. The average molecular weight is 322 g/mol. The molecule has 0 aromatic heterocycles. The zero-order valence-electron chi connectivity index (χ0n) is 15.0. The number of phenolic OH excluding ortho intramolecular Hbond substituents is 1. The molecule has 0 radical (unpaired) electrons. The lowest BCUT2D eigenvalue weighted by Gasteiger charge is -2.37. The topological polar surface area (TPSA) is 29.5 Å². The molecular weight excluding hydrogens is 296 g/mol. The molecule has 2 heteroatoms. The molecule has 1 atom stereocenters. The summed E-state index contributed by atoms with van der Waals surface area (Å²) in [5.74, 6) is 1.40. The molecule has 0 fully saturated rings. The van der Waals surface area contributed by atoms with Gasteiger partial charge in [0.25, 0.3) is 0 Å². The molecule has 1 unspecified atom stereocenters. The summed E-state index contributed by atoms with van der Waals surface area (Å²) in [7, 11) is 0. The van der Waals surface area contributed by atoms with E-state index in [0.717, 1.165) is 41.7 Å². The SMILES string of the molecule is Cc1c(C)c2c(c(C)c1O)CCC(C)(C/C=C\c1ccccc1)O2. The van der Waals surface area contributed by atoms with E-state index in [4.69, 9.17) is 4.74 Å². The Morgan fingerprint density at radius 1 is 1.08 bits per heavy atom. The van der Waals surface area contributed by atoms with Crippen molar-refractivity contribution in [1.29, 1.82) is 0 Å². The molecule has 1 aliphatic rings. The molecule has 3 rings (SSSR count). The maximum Gasteiger partial charge on any atom is 0.127 e. The van der Waals surface area contributed by atoms with Crippen LogP contribution in [0.5, 0.6) is 11.5 Å². The predicted octanol–water partition coefficient (Wildman–Crippen LogP) is 5.50. The molecule has 0 saturated carbocycles. The van der Waals surface area contributed by atoms with Crippen molar-refractivity contribution in [2.45, 2.75) is 52.6 Å². The van der Waals surface area contributed by atoms with E-state index in [1.807, 2.05) is 26.8 Å². The van der Waals surface area contributed by atoms with Crippen molar-refractivity contribution in [3.05, 3.63) is 64.2 Å². The van der Waals surface area contributed by atoms with E-state index < -0.39 is 0 Å². The van der Waals surface area contributed by atoms with Crippen LogP contribution in [0.4, 0.5) is 0 Å². The minimum atomic E-state index is -0.196. The number of fused-ring (bicyclic) bond motifs is 1. The van der Waals surface area contributed by atoms with Gasteiger partial charge in [-0.25, -0.2) is 0 Å². The van der Waals surface area contributed by atoms with Gasteiger partial charge in [-0.05, 0) is 62.8 Å². The van der Waals surface area contributed by atoms with Gasteiger partial charge in [-0.15, -0.1) is 0 Å². The Kier molecular flexibility index (Phi) is 4.40. The lowest BCUT2D eigenvalue weighted by Crippen LogP contribution is -2.36. The molecule has 1 aliphatic heterocycles. The number of hydrogen-bond donors (Lipinski definition) is 1. The Morgan fingerprint density at radius 2 is 1.79 bits per heavy atom.